The average Bonchev–Trinajstić information content (AvgIpc) is 3.45. The van der Waals surface area contributed by atoms with Crippen LogP contribution in [-0.4, -0.2) is 26.9 Å². The Morgan fingerprint density at radius 2 is 1.29 bits per heavy atom. The molecular weight excluding hydrogens is 480 g/mol. The lowest BCUT2D eigenvalue weighted by atomic mass is 10.0. The number of carbonyl (C=O) groups excluding carboxylic acids is 2. The van der Waals surface area contributed by atoms with Gasteiger partial charge in [-0.1, -0.05) is 53.0 Å². The lowest BCUT2D eigenvalue weighted by Crippen LogP contribution is -2.12. The van der Waals surface area contributed by atoms with Gasteiger partial charge in [-0.3, -0.25) is 20.2 Å². The smallest absolute Gasteiger partial charge is 0.261 e. The maximum absolute atomic E-state index is 12.9. The molecule has 0 radical (unpaired) electrons. The number of nitrogens with one attached hydrogen (secondary N) is 2. The number of fused-ring (bicyclic) bond motifs is 3. The number of phenolic OH excluding ortho intramolecular Hbond substituents is 1. The molecule has 0 atom stereocenters. The molecule has 4 aromatic carbocycles. The number of aromatic hydroxyl groups is 1. The predicted molar refractivity (Wildman–Crippen MR) is 141 cm³/mol. The zero-order chi connectivity index (χ0) is 23.9. The van der Waals surface area contributed by atoms with Gasteiger partial charge in [-0.15, -0.1) is 0 Å². The summed E-state index contributed by atoms with van der Waals surface area (Å²) in [7, 11) is 0. The van der Waals surface area contributed by atoms with Crippen LogP contribution in [0.15, 0.2) is 78.9 Å². The highest BCUT2D eigenvalue weighted by molar-refractivity contribution is 7.22. The maximum Gasteiger partial charge on any atom is 0.261 e. The minimum absolute atomic E-state index is 0.0977. The van der Waals surface area contributed by atoms with Gasteiger partial charge in [-0.05, 0) is 59.3 Å². The van der Waals surface area contributed by atoms with Gasteiger partial charge >= 0.3 is 0 Å². The molecule has 0 aliphatic rings. The largest absolute Gasteiger partial charge is 0.507 e. The molecule has 3 N–H and O–H groups in total. The fourth-order valence-electron chi connectivity index (χ4n) is 3.79. The van der Waals surface area contributed by atoms with Crippen molar-refractivity contribution < 1.29 is 14.7 Å². The highest BCUT2D eigenvalue weighted by atomic mass is 32.1. The minimum Gasteiger partial charge on any atom is -0.507 e. The van der Waals surface area contributed by atoms with Crippen LogP contribution in [-0.2, 0) is 0 Å². The van der Waals surface area contributed by atoms with Crippen molar-refractivity contribution in [1.82, 2.24) is 9.97 Å². The summed E-state index contributed by atoms with van der Waals surface area (Å²) in [6.45, 7) is 0. The van der Waals surface area contributed by atoms with E-state index in [1.807, 2.05) is 48.5 Å². The van der Waals surface area contributed by atoms with Crippen LogP contribution in [0, 0.1) is 0 Å². The van der Waals surface area contributed by atoms with E-state index in [1.54, 1.807) is 24.3 Å². The summed E-state index contributed by atoms with van der Waals surface area (Å²) >= 11 is 2.76. The molecular formula is C26H16N4O3S2. The first-order chi connectivity index (χ1) is 17.0. The van der Waals surface area contributed by atoms with Crippen LogP contribution in [0.3, 0.4) is 0 Å². The summed E-state index contributed by atoms with van der Waals surface area (Å²) in [6.07, 6.45) is 0. The van der Waals surface area contributed by atoms with Crippen LogP contribution in [0.1, 0.15) is 20.7 Å². The van der Waals surface area contributed by atoms with E-state index in [0.717, 1.165) is 20.4 Å². The Morgan fingerprint density at radius 1 is 0.686 bits per heavy atom. The molecule has 2 heterocycles. The molecule has 6 rings (SSSR count). The van der Waals surface area contributed by atoms with Gasteiger partial charge in [-0.2, -0.15) is 0 Å². The standard InChI is InChI=1S/C26H16N4O3S2/c31-20-13-14-9-10-15(23(32)29-25-27-18-5-1-3-7-21(18)34-25)11-16(14)12-17(20)24(33)30-26-28-19-6-2-4-8-22(19)35-26/h1-13,31H,(H,27,29,32)(H,28,30,33). The lowest BCUT2D eigenvalue weighted by molar-refractivity contribution is 0.101. The van der Waals surface area contributed by atoms with Crippen LogP contribution < -0.4 is 10.6 Å². The molecule has 6 aromatic rings. The number of anilines is 2. The van der Waals surface area contributed by atoms with Crippen molar-refractivity contribution in [2.45, 2.75) is 0 Å². The normalized spacial score (nSPS) is 11.2. The van der Waals surface area contributed by atoms with Gasteiger partial charge in [0, 0.05) is 5.56 Å². The summed E-state index contributed by atoms with van der Waals surface area (Å²) in [5, 5.41) is 18.4. The van der Waals surface area contributed by atoms with Crippen LogP contribution in [0.5, 0.6) is 5.75 Å². The fraction of sp³-hybridized carbons (Fsp3) is 0. The highest BCUT2D eigenvalue weighted by Crippen LogP contribution is 2.30. The fourth-order valence-corrected chi connectivity index (χ4v) is 5.52. The summed E-state index contributed by atoms with van der Waals surface area (Å²) < 4.78 is 1.94. The third-order valence-electron chi connectivity index (χ3n) is 5.49. The SMILES string of the molecule is O=C(Nc1nc2ccccc2s1)c1ccc2cc(O)c(C(=O)Nc3nc4ccccc4s3)cc2c1. The molecule has 2 amide bonds. The summed E-state index contributed by atoms with van der Waals surface area (Å²) in [5.41, 5.74) is 2.13. The molecule has 0 spiro atoms. The van der Waals surface area contributed by atoms with Gasteiger partial charge in [0.25, 0.3) is 11.8 Å². The summed E-state index contributed by atoms with van der Waals surface area (Å²) in [6, 6.07) is 23.4. The topological polar surface area (TPSA) is 104 Å². The first kappa shape index (κ1) is 21.2. The number of hydrogen-bond donors (Lipinski definition) is 3. The first-order valence-corrected chi connectivity index (χ1v) is 12.3. The number of para-hydroxylation sites is 2. The van der Waals surface area contributed by atoms with E-state index in [9.17, 15) is 14.7 Å². The maximum atomic E-state index is 12.9. The van der Waals surface area contributed by atoms with Crippen LogP contribution in [0.4, 0.5) is 10.3 Å². The quantitative estimate of drug-likeness (QED) is 0.267. The second kappa shape index (κ2) is 8.46. The number of carbonyl (C=O) groups is 2. The van der Waals surface area contributed by atoms with Crippen LogP contribution >= 0.6 is 22.7 Å². The Kier molecular flexibility index (Phi) is 5.13. The van der Waals surface area contributed by atoms with E-state index < -0.39 is 5.91 Å². The van der Waals surface area contributed by atoms with Crippen molar-refractivity contribution in [3.8, 4) is 5.75 Å². The molecule has 7 nitrogen and oxygen atoms in total. The van der Waals surface area contributed by atoms with Gasteiger partial charge in [0.15, 0.2) is 10.3 Å². The van der Waals surface area contributed by atoms with Crippen molar-refractivity contribution >= 4 is 76.0 Å². The Morgan fingerprint density at radius 3 is 1.91 bits per heavy atom. The molecule has 170 valence electrons. The Balaban J connectivity index is 1.27. The number of hydrogen-bond acceptors (Lipinski definition) is 7. The van der Waals surface area contributed by atoms with Gasteiger partial charge in [0.2, 0.25) is 0 Å². The third kappa shape index (κ3) is 4.07. The number of amides is 2. The predicted octanol–water partition coefficient (Wildman–Crippen LogP) is 6.27. The second-order valence-corrected chi connectivity index (χ2v) is 9.87. The summed E-state index contributed by atoms with van der Waals surface area (Å²) in [4.78, 5) is 34.6. The minimum atomic E-state index is -0.479. The number of thiazole rings is 2. The number of nitrogens with zero attached hydrogens (tertiary/aromatic N) is 2. The molecule has 2 aromatic heterocycles. The second-order valence-electron chi connectivity index (χ2n) is 7.81. The zero-order valence-electron chi connectivity index (χ0n) is 18.0. The van der Waals surface area contributed by atoms with Crippen LogP contribution in [0.2, 0.25) is 0 Å². The van der Waals surface area contributed by atoms with Crippen LogP contribution in [0.25, 0.3) is 31.2 Å². The molecule has 35 heavy (non-hydrogen) atoms. The molecule has 0 fully saturated rings. The van der Waals surface area contributed by atoms with Crippen molar-refractivity contribution in [1.29, 1.82) is 0 Å². The van der Waals surface area contributed by atoms with E-state index in [4.69, 9.17) is 0 Å². The number of aromatic nitrogens is 2. The first-order valence-electron chi connectivity index (χ1n) is 10.6. The Hall–Kier alpha value is -4.34. The Bertz CT molecular complexity index is 1710. The van der Waals surface area contributed by atoms with E-state index in [1.165, 1.54) is 28.7 Å². The van der Waals surface area contributed by atoms with Gasteiger partial charge in [0.1, 0.15) is 5.75 Å². The van der Waals surface area contributed by atoms with Gasteiger partial charge < -0.3 is 5.11 Å². The zero-order valence-corrected chi connectivity index (χ0v) is 19.6. The van der Waals surface area contributed by atoms with E-state index in [2.05, 4.69) is 20.6 Å². The number of phenols is 1. The van der Waals surface area contributed by atoms with Gasteiger partial charge in [0.05, 0.1) is 26.0 Å². The molecule has 0 aliphatic heterocycles. The van der Waals surface area contributed by atoms with E-state index in [0.29, 0.717) is 26.6 Å². The lowest BCUT2D eigenvalue weighted by Gasteiger charge is -2.08. The molecule has 9 heteroatoms. The molecule has 0 bridgehead atoms. The molecule has 0 saturated heterocycles. The van der Waals surface area contributed by atoms with E-state index >= 15 is 0 Å². The Labute approximate surface area is 206 Å². The molecule has 0 saturated carbocycles. The number of rotatable bonds is 4. The van der Waals surface area contributed by atoms with Crippen molar-refractivity contribution in [2.75, 3.05) is 10.6 Å². The monoisotopic (exact) mass is 496 g/mol. The molecule has 0 unspecified atom stereocenters. The number of benzene rings is 4. The van der Waals surface area contributed by atoms with Crippen molar-refractivity contribution in [3.05, 3.63) is 90.0 Å². The highest BCUT2D eigenvalue weighted by Gasteiger charge is 2.16. The van der Waals surface area contributed by atoms with Crippen molar-refractivity contribution in [2.24, 2.45) is 0 Å². The molecule has 0 aliphatic carbocycles. The summed E-state index contributed by atoms with van der Waals surface area (Å²) in [5.74, 6) is -0.935. The van der Waals surface area contributed by atoms with E-state index in [-0.39, 0.29) is 17.2 Å². The van der Waals surface area contributed by atoms with Crippen molar-refractivity contribution in [3.63, 3.8) is 0 Å². The third-order valence-corrected chi connectivity index (χ3v) is 7.39. The average molecular weight is 497 g/mol. The van der Waals surface area contributed by atoms with Gasteiger partial charge in [-0.25, -0.2) is 9.97 Å².